The molecule has 3 rings (SSSR count). The van der Waals surface area contributed by atoms with Crippen LogP contribution >= 0.6 is 0 Å². The first kappa shape index (κ1) is 19.5. The van der Waals surface area contributed by atoms with Gasteiger partial charge in [-0.1, -0.05) is 18.2 Å². The maximum atomic E-state index is 12.3. The molecule has 1 amide bonds. The highest BCUT2D eigenvalue weighted by Crippen LogP contribution is 2.12. The lowest BCUT2D eigenvalue weighted by Gasteiger charge is -2.34. The van der Waals surface area contributed by atoms with Gasteiger partial charge in [0.05, 0.1) is 6.54 Å². The van der Waals surface area contributed by atoms with Gasteiger partial charge in [0.25, 0.3) is 5.56 Å². The number of hydrogen-bond acceptors (Lipinski definition) is 5. The van der Waals surface area contributed by atoms with Gasteiger partial charge in [-0.25, -0.2) is 0 Å². The van der Waals surface area contributed by atoms with Crippen LogP contribution in [0.25, 0.3) is 10.9 Å². The molecule has 27 heavy (non-hydrogen) atoms. The van der Waals surface area contributed by atoms with E-state index in [-0.39, 0.29) is 11.5 Å². The monoisotopic (exact) mass is 372 g/mol. The minimum atomic E-state index is -0.0217. The molecule has 1 saturated heterocycles. The van der Waals surface area contributed by atoms with E-state index in [0.717, 1.165) is 49.1 Å². The number of para-hydroxylation sites is 1. The van der Waals surface area contributed by atoms with Gasteiger partial charge in [-0.15, -0.1) is 0 Å². The molecule has 0 bridgehead atoms. The number of nitrogens with zero attached hydrogens (tertiary/aromatic N) is 2. The maximum Gasteiger partial charge on any atom is 0.252 e. The standard InChI is InChI=1S/C20H28N4O3/c1-27-12-4-7-21-19(25)15-24-10-8-23(9-11-24)14-17-13-16-5-2-3-6-18(16)22-20(17)26/h2-3,5-6,13H,4,7-12,14-15H2,1H3,(H,21,25)(H,22,26). The molecule has 7 nitrogen and oxygen atoms in total. The summed E-state index contributed by atoms with van der Waals surface area (Å²) in [5.74, 6) is 0.0607. The Morgan fingerprint density at radius 1 is 1.19 bits per heavy atom. The first-order valence-electron chi connectivity index (χ1n) is 9.47. The number of aromatic amines is 1. The third-order valence-electron chi connectivity index (χ3n) is 4.90. The van der Waals surface area contributed by atoms with Gasteiger partial charge in [0.15, 0.2) is 0 Å². The van der Waals surface area contributed by atoms with Crippen molar-refractivity contribution in [1.29, 1.82) is 0 Å². The van der Waals surface area contributed by atoms with E-state index in [1.807, 2.05) is 30.3 Å². The lowest BCUT2D eigenvalue weighted by Crippen LogP contribution is -2.49. The van der Waals surface area contributed by atoms with Crippen LogP contribution in [0.3, 0.4) is 0 Å². The molecule has 2 heterocycles. The fourth-order valence-corrected chi connectivity index (χ4v) is 3.36. The number of aromatic nitrogens is 1. The second-order valence-electron chi connectivity index (χ2n) is 6.96. The van der Waals surface area contributed by atoms with Gasteiger partial charge in [0.2, 0.25) is 5.91 Å². The predicted octanol–water partition coefficient (Wildman–Crippen LogP) is 0.798. The number of benzene rings is 1. The van der Waals surface area contributed by atoms with Gasteiger partial charge >= 0.3 is 0 Å². The number of nitrogens with one attached hydrogen (secondary N) is 2. The number of H-pyrrole nitrogens is 1. The molecule has 0 radical (unpaired) electrons. The molecule has 0 unspecified atom stereocenters. The second-order valence-corrected chi connectivity index (χ2v) is 6.96. The summed E-state index contributed by atoms with van der Waals surface area (Å²) in [6, 6.07) is 9.81. The van der Waals surface area contributed by atoms with Gasteiger partial charge in [0, 0.05) is 64.1 Å². The number of piperazine rings is 1. The van der Waals surface area contributed by atoms with Crippen molar-refractivity contribution in [3.8, 4) is 0 Å². The Balaban J connectivity index is 1.46. The molecule has 1 aromatic heterocycles. The number of ether oxygens (including phenoxy) is 1. The van der Waals surface area contributed by atoms with Crippen LogP contribution in [0.5, 0.6) is 0 Å². The predicted molar refractivity (Wildman–Crippen MR) is 106 cm³/mol. The van der Waals surface area contributed by atoms with Gasteiger partial charge in [-0.3, -0.25) is 19.4 Å². The van der Waals surface area contributed by atoms with Crippen molar-refractivity contribution in [2.24, 2.45) is 0 Å². The van der Waals surface area contributed by atoms with Gasteiger partial charge < -0.3 is 15.0 Å². The lowest BCUT2D eigenvalue weighted by molar-refractivity contribution is -0.122. The summed E-state index contributed by atoms with van der Waals surface area (Å²) in [6.07, 6.45) is 0.830. The van der Waals surface area contributed by atoms with E-state index in [1.54, 1.807) is 7.11 Å². The largest absolute Gasteiger partial charge is 0.385 e. The lowest BCUT2D eigenvalue weighted by atomic mass is 10.1. The third kappa shape index (κ3) is 5.63. The minimum Gasteiger partial charge on any atom is -0.385 e. The molecule has 0 saturated carbocycles. The molecule has 2 aromatic rings. The molecular weight excluding hydrogens is 344 g/mol. The molecule has 2 N–H and O–H groups in total. The Kier molecular flexibility index (Phi) is 6.98. The quantitative estimate of drug-likeness (QED) is 0.670. The van der Waals surface area contributed by atoms with Crippen LogP contribution in [-0.4, -0.2) is 73.7 Å². The number of rotatable bonds is 8. The van der Waals surface area contributed by atoms with Crippen LogP contribution in [0.15, 0.2) is 35.1 Å². The zero-order chi connectivity index (χ0) is 19.1. The van der Waals surface area contributed by atoms with E-state index in [1.165, 1.54) is 0 Å². The summed E-state index contributed by atoms with van der Waals surface area (Å²) in [6.45, 7) is 5.74. The third-order valence-corrected chi connectivity index (χ3v) is 4.90. The van der Waals surface area contributed by atoms with Crippen molar-refractivity contribution >= 4 is 16.8 Å². The first-order chi connectivity index (χ1) is 13.2. The molecule has 1 aliphatic rings. The molecule has 0 aliphatic carbocycles. The number of hydrogen-bond donors (Lipinski definition) is 2. The number of fused-ring (bicyclic) bond motifs is 1. The van der Waals surface area contributed by atoms with Crippen molar-refractivity contribution in [3.63, 3.8) is 0 Å². The normalized spacial score (nSPS) is 15.9. The Labute approximate surface area is 159 Å². The maximum absolute atomic E-state index is 12.3. The van der Waals surface area contributed by atoms with Crippen LogP contribution in [0.2, 0.25) is 0 Å². The van der Waals surface area contributed by atoms with E-state index in [0.29, 0.717) is 26.2 Å². The van der Waals surface area contributed by atoms with Crippen LogP contribution in [0.1, 0.15) is 12.0 Å². The van der Waals surface area contributed by atoms with E-state index in [2.05, 4.69) is 20.1 Å². The molecule has 0 spiro atoms. The van der Waals surface area contributed by atoms with Gasteiger partial charge in [-0.05, 0) is 23.9 Å². The van der Waals surface area contributed by atoms with Crippen molar-refractivity contribution in [2.75, 3.05) is 53.0 Å². The van der Waals surface area contributed by atoms with E-state index in [4.69, 9.17) is 4.74 Å². The average molecular weight is 372 g/mol. The number of amides is 1. The minimum absolute atomic E-state index is 0.0217. The van der Waals surface area contributed by atoms with E-state index in [9.17, 15) is 9.59 Å². The van der Waals surface area contributed by atoms with Crippen molar-refractivity contribution in [1.82, 2.24) is 20.1 Å². The summed E-state index contributed by atoms with van der Waals surface area (Å²) in [4.78, 5) is 31.7. The molecule has 1 fully saturated rings. The summed E-state index contributed by atoms with van der Waals surface area (Å²) < 4.78 is 4.97. The number of methoxy groups -OCH3 is 1. The Bertz CT molecular complexity index is 812. The van der Waals surface area contributed by atoms with Gasteiger partial charge in [0.1, 0.15) is 0 Å². The second kappa shape index (κ2) is 9.64. The Morgan fingerprint density at radius 2 is 1.93 bits per heavy atom. The van der Waals surface area contributed by atoms with Crippen LogP contribution in [-0.2, 0) is 16.1 Å². The number of carbonyl (C=O) groups is 1. The Hall–Kier alpha value is -2.22. The van der Waals surface area contributed by atoms with E-state index < -0.39 is 0 Å². The topological polar surface area (TPSA) is 77.7 Å². The van der Waals surface area contributed by atoms with Crippen LogP contribution in [0.4, 0.5) is 0 Å². The smallest absolute Gasteiger partial charge is 0.252 e. The van der Waals surface area contributed by atoms with Crippen LogP contribution < -0.4 is 10.9 Å². The highest BCUT2D eigenvalue weighted by Gasteiger charge is 2.19. The first-order valence-corrected chi connectivity index (χ1v) is 9.47. The molecule has 0 atom stereocenters. The molecule has 146 valence electrons. The van der Waals surface area contributed by atoms with Gasteiger partial charge in [-0.2, -0.15) is 0 Å². The number of carbonyl (C=O) groups excluding carboxylic acids is 1. The molecule has 1 aliphatic heterocycles. The summed E-state index contributed by atoms with van der Waals surface area (Å²) in [7, 11) is 1.66. The fraction of sp³-hybridized carbons (Fsp3) is 0.500. The summed E-state index contributed by atoms with van der Waals surface area (Å²) >= 11 is 0. The zero-order valence-corrected chi connectivity index (χ0v) is 15.9. The van der Waals surface area contributed by atoms with Crippen molar-refractivity contribution in [2.45, 2.75) is 13.0 Å². The highest BCUT2D eigenvalue weighted by atomic mass is 16.5. The average Bonchev–Trinajstić information content (AvgIpc) is 2.67. The molecule has 1 aromatic carbocycles. The SMILES string of the molecule is COCCCNC(=O)CN1CCN(Cc2cc3ccccc3[nH]c2=O)CC1. The molecular formula is C20H28N4O3. The summed E-state index contributed by atoms with van der Waals surface area (Å²) in [5.41, 5.74) is 1.64. The number of pyridine rings is 1. The van der Waals surface area contributed by atoms with Crippen molar-refractivity contribution < 1.29 is 9.53 Å². The van der Waals surface area contributed by atoms with Crippen LogP contribution in [0, 0.1) is 0 Å². The Morgan fingerprint density at radius 3 is 2.70 bits per heavy atom. The molecule has 7 heteroatoms. The summed E-state index contributed by atoms with van der Waals surface area (Å²) in [5, 5.41) is 3.97. The zero-order valence-electron chi connectivity index (χ0n) is 15.9. The fourth-order valence-electron chi connectivity index (χ4n) is 3.36. The van der Waals surface area contributed by atoms with E-state index >= 15 is 0 Å². The van der Waals surface area contributed by atoms with Crippen molar-refractivity contribution in [3.05, 3.63) is 46.2 Å². The highest BCUT2D eigenvalue weighted by molar-refractivity contribution is 5.78.